The first kappa shape index (κ1) is 23.2. The summed E-state index contributed by atoms with van der Waals surface area (Å²) in [5, 5.41) is 3.47. The summed E-state index contributed by atoms with van der Waals surface area (Å²) in [4.78, 5) is 17.6. The second-order valence-corrected chi connectivity index (χ2v) is 7.28. The standard InChI is InChI=1S/C21H30N6O.HI/c1-17(2)16-28-19-7-4-6-18(14-19)15-25-20(22-3)26-10-12-27(13-11-26)21-23-8-5-9-24-21;/h4-9,14,17H,10-13,15-16H2,1-3H3,(H,22,25);1H. The lowest BCUT2D eigenvalue weighted by atomic mass is 10.2. The highest BCUT2D eigenvalue weighted by atomic mass is 127. The van der Waals surface area contributed by atoms with Crippen LogP contribution in [0.4, 0.5) is 5.95 Å². The lowest BCUT2D eigenvalue weighted by Crippen LogP contribution is -2.52. The SMILES string of the molecule is CN=C(NCc1cccc(OCC(C)C)c1)N1CCN(c2ncccn2)CC1.I. The molecule has 3 rings (SSSR count). The number of piperazine rings is 1. The van der Waals surface area contributed by atoms with E-state index in [-0.39, 0.29) is 24.0 Å². The smallest absolute Gasteiger partial charge is 0.225 e. The number of hydrogen-bond acceptors (Lipinski definition) is 5. The third kappa shape index (κ3) is 7.02. The molecule has 158 valence electrons. The average molecular weight is 510 g/mol. The zero-order valence-electron chi connectivity index (χ0n) is 17.4. The molecule has 0 saturated carbocycles. The van der Waals surface area contributed by atoms with Crippen molar-refractivity contribution in [2.75, 3.05) is 44.7 Å². The van der Waals surface area contributed by atoms with Crippen LogP contribution in [0, 0.1) is 5.92 Å². The van der Waals surface area contributed by atoms with Gasteiger partial charge in [0, 0.05) is 52.2 Å². The molecular weight excluding hydrogens is 479 g/mol. The zero-order valence-corrected chi connectivity index (χ0v) is 19.7. The number of aliphatic imine (C=N–C) groups is 1. The minimum absolute atomic E-state index is 0. The molecule has 1 aromatic heterocycles. The van der Waals surface area contributed by atoms with Crippen molar-refractivity contribution >= 4 is 35.9 Å². The maximum Gasteiger partial charge on any atom is 0.225 e. The van der Waals surface area contributed by atoms with Crippen LogP contribution in [0.5, 0.6) is 5.75 Å². The Morgan fingerprint density at radius 2 is 1.86 bits per heavy atom. The number of guanidine groups is 1. The molecule has 0 bridgehead atoms. The van der Waals surface area contributed by atoms with Gasteiger partial charge in [-0.1, -0.05) is 26.0 Å². The second-order valence-electron chi connectivity index (χ2n) is 7.28. The Bertz CT molecular complexity index is 763. The minimum atomic E-state index is 0. The van der Waals surface area contributed by atoms with Crippen LogP contribution in [0.1, 0.15) is 19.4 Å². The highest BCUT2D eigenvalue weighted by Crippen LogP contribution is 2.15. The summed E-state index contributed by atoms with van der Waals surface area (Å²) < 4.78 is 5.83. The van der Waals surface area contributed by atoms with Gasteiger partial charge in [-0.2, -0.15) is 0 Å². The molecule has 2 heterocycles. The number of rotatable bonds is 6. The number of anilines is 1. The van der Waals surface area contributed by atoms with E-state index in [1.165, 1.54) is 5.56 Å². The van der Waals surface area contributed by atoms with Crippen LogP contribution in [-0.2, 0) is 6.54 Å². The number of benzene rings is 1. The number of halogens is 1. The second kappa shape index (κ2) is 11.8. The van der Waals surface area contributed by atoms with Crippen molar-refractivity contribution in [3.05, 3.63) is 48.3 Å². The summed E-state index contributed by atoms with van der Waals surface area (Å²) in [6.07, 6.45) is 3.57. The Balaban J connectivity index is 0.00000300. The fraction of sp³-hybridized carbons (Fsp3) is 0.476. The molecule has 0 aliphatic carbocycles. The molecule has 2 aromatic rings. The van der Waals surface area contributed by atoms with Gasteiger partial charge in [-0.3, -0.25) is 4.99 Å². The summed E-state index contributed by atoms with van der Waals surface area (Å²) in [7, 11) is 1.83. The molecule has 0 radical (unpaired) electrons. The Kier molecular flexibility index (Phi) is 9.43. The van der Waals surface area contributed by atoms with E-state index in [0.29, 0.717) is 12.5 Å². The molecule has 0 spiro atoms. The van der Waals surface area contributed by atoms with Crippen molar-refractivity contribution in [1.29, 1.82) is 0 Å². The van der Waals surface area contributed by atoms with Gasteiger partial charge in [0.1, 0.15) is 5.75 Å². The number of nitrogens with one attached hydrogen (secondary N) is 1. The van der Waals surface area contributed by atoms with Crippen LogP contribution in [0.15, 0.2) is 47.7 Å². The molecule has 7 nitrogen and oxygen atoms in total. The quantitative estimate of drug-likeness (QED) is 0.366. The Hall–Kier alpha value is -2.10. The largest absolute Gasteiger partial charge is 0.493 e. The number of nitrogens with zero attached hydrogens (tertiary/aromatic N) is 5. The molecule has 0 amide bonds. The van der Waals surface area contributed by atoms with Gasteiger partial charge in [-0.05, 0) is 29.7 Å². The van der Waals surface area contributed by atoms with E-state index in [9.17, 15) is 0 Å². The monoisotopic (exact) mass is 510 g/mol. The molecule has 8 heteroatoms. The summed E-state index contributed by atoms with van der Waals surface area (Å²) >= 11 is 0. The van der Waals surface area contributed by atoms with Gasteiger partial charge < -0.3 is 19.9 Å². The van der Waals surface area contributed by atoms with Crippen molar-refractivity contribution < 1.29 is 4.74 Å². The summed E-state index contributed by atoms with van der Waals surface area (Å²) in [6, 6.07) is 10.1. The molecule has 29 heavy (non-hydrogen) atoms. The minimum Gasteiger partial charge on any atom is -0.493 e. The first-order valence-corrected chi connectivity index (χ1v) is 9.85. The highest BCUT2D eigenvalue weighted by Gasteiger charge is 2.20. The molecule has 1 fully saturated rings. The van der Waals surface area contributed by atoms with E-state index >= 15 is 0 Å². The van der Waals surface area contributed by atoms with Crippen LogP contribution in [0.2, 0.25) is 0 Å². The van der Waals surface area contributed by atoms with Gasteiger partial charge in [-0.25, -0.2) is 9.97 Å². The summed E-state index contributed by atoms with van der Waals surface area (Å²) in [5.74, 6) is 3.14. The van der Waals surface area contributed by atoms with Gasteiger partial charge >= 0.3 is 0 Å². The number of ether oxygens (including phenoxy) is 1. The lowest BCUT2D eigenvalue weighted by Gasteiger charge is -2.36. The van der Waals surface area contributed by atoms with Crippen molar-refractivity contribution in [2.24, 2.45) is 10.9 Å². The lowest BCUT2D eigenvalue weighted by molar-refractivity contribution is 0.271. The summed E-state index contributed by atoms with van der Waals surface area (Å²) in [5.41, 5.74) is 1.18. The Labute approximate surface area is 190 Å². The molecular formula is C21H31IN6O. The molecule has 1 aliphatic rings. The first-order chi connectivity index (χ1) is 13.7. The van der Waals surface area contributed by atoms with E-state index < -0.39 is 0 Å². The highest BCUT2D eigenvalue weighted by molar-refractivity contribution is 14.0. The van der Waals surface area contributed by atoms with Crippen LogP contribution >= 0.6 is 24.0 Å². The van der Waals surface area contributed by atoms with Gasteiger partial charge in [0.05, 0.1) is 6.61 Å². The summed E-state index contributed by atoms with van der Waals surface area (Å²) in [6.45, 7) is 9.27. The van der Waals surface area contributed by atoms with E-state index in [2.05, 4.69) is 56.1 Å². The predicted molar refractivity (Wildman–Crippen MR) is 128 cm³/mol. The molecule has 0 atom stereocenters. The van der Waals surface area contributed by atoms with E-state index in [1.54, 1.807) is 12.4 Å². The fourth-order valence-electron chi connectivity index (χ4n) is 3.09. The van der Waals surface area contributed by atoms with E-state index in [0.717, 1.165) is 50.4 Å². The normalized spacial score (nSPS) is 14.6. The van der Waals surface area contributed by atoms with Crippen LogP contribution < -0.4 is 15.0 Å². The Morgan fingerprint density at radius 3 is 2.52 bits per heavy atom. The van der Waals surface area contributed by atoms with Gasteiger partial charge in [0.2, 0.25) is 5.95 Å². The van der Waals surface area contributed by atoms with E-state index in [1.807, 2.05) is 25.2 Å². The molecule has 1 N–H and O–H groups in total. The van der Waals surface area contributed by atoms with Crippen molar-refractivity contribution in [2.45, 2.75) is 20.4 Å². The van der Waals surface area contributed by atoms with Gasteiger partial charge in [-0.15, -0.1) is 24.0 Å². The van der Waals surface area contributed by atoms with Crippen LogP contribution in [-0.4, -0.2) is 60.7 Å². The zero-order chi connectivity index (χ0) is 19.8. The fourth-order valence-corrected chi connectivity index (χ4v) is 3.09. The Morgan fingerprint density at radius 1 is 1.14 bits per heavy atom. The van der Waals surface area contributed by atoms with E-state index in [4.69, 9.17) is 4.74 Å². The van der Waals surface area contributed by atoms with Crippen molar-refractivity contribution in [3.8, 4) is 5.75 Å². The molecule has 1 saturated heterocycles. The topological polar surface area (TPSA) is 65.9 Å². The average Bonchev–Trinajstić information content (AvgIpc) is 2.74. The first-order valence-electron chi connectivity index (χ1n) is 9.85. The third-order valence-corrected chi connectivity index (χ3v) is 4.56. The third-order valence-electron chi connectivity index (χ3n) is 4.56. The molecule has 1 aliphatic heterocycles. The molecule has 0 unspecified atom stereocenters. The maximum atomic E-state index is 5.83. The van der Waals surface area contributed by atoms with Gasteiger partial charge in [0.25, 0.3) is 0 Å². The van der Waals surface area contributed by atoms with Crippen LogP contribution in [0.25, 0.3) is 0 Å². The van der Waals surface area contributed by atoms with Gasteiger partial charge in [0.15, 0.2) is 5.96 Å². The number of aromatic nitrogens is 2. The molecule has 1 aromatic carbocycles. The maximum absolute atomic E-state index is 5.83. The predicted octanol–water partition coefficient (Wildman–Crippen LogP) is 3.03. The van der Waals surface area contributed by atoms with Crippen LogP contribution in [0.3, 0.4) is 0 Å². The number of hydrogen-bond donors (Lipinski definition) is 1. The van der Waals surface area contributed by atoms with Crippen molar-refractivity contribution in [1.82, 2.24) is 20.2 Å². The van der Waals surface area contributed by atoms with Crippen molar-refractivity contribution in [3.63, 3.8) is 0 Å².